The number of nitrogens with zero attached hydrogens (tertiary/aromatic N) is 4. The highest BCUT2D eigenvalue weighted by molar-refractivity contribution is 7.18. The van der Waals surface area contributed by atoms with Gasteiger partial charge < -0.3 is 15.1 Å². The Bertz CT molecular complexity index is 1050. The number of aromatic nitrogens is 1. The second-order valence-electron chi connectivity index (χ2n) is 8.09. The molecule has 0 spiro atoms. The standard InChI is InChI=1S/C21H23N5O5S/c1-13-2-4-16(5-3-13)25-12-15(10-17(25)27)20(29)24-8-6-14(7-9-24)19(28)23-21-22-11-18(32-21)26(30)31/h2-5,11,14-15H,6-10,12H2,1H3,(H,22,23,28). The third-order valence-electron chi connectivity index (χ3n) is 5.90. The van der Waals surface area contributed by atoms with Gasteiger partial charge in [0.25, 0.3) is 0 Å². The van der Waals surface area contributed by atoms with Crippen LogP contribution < -0.4 is 10.2 Å². The Kier molecular flexibility index (Phi) is 6.17. The number of nitro groups is 1. The topological polar surface area (TPSA) is 126 Å². The average Bonchev–Trinajstić information content (AvgIpc) is 3.41. The van der Waals surface area contributed by atoms with Crippen LogP contribution in [-0.4, -0.2) is 52.2 Å². The van der Waals surface area contributed by atoms with E-state index in [1.54, 1.807) is 9.80 Å². The summed E-state index contributed by atoms with van der Waals surface area (Å²) in [7, 11) is 0. The monoisotopic (exact) mass is 457 g/mol. The molecule has 0 bridgehead atoms. The third-order valence-corrected chi connectivity index (χ3v) is 6.77. The highest BCUT2D eigenvalue weighted by Gasteiger charge is 2.38. The van der Waals surface area contributed by atoms with E-state index in [1.165, 1.54) is 0 Å². The predicted molar refractivity (Wildman–Crippen MR) is 118 cm³/mol. The molecule has 0 aliphatic carbocycles. The van der Waals surface area contributed by atoms with Gasteiger partial charge in [-0.25, -0.2) is 4.98 Å². The fourth-order valence-electron chi connectivity index (χ4n) is 4.08. The summed E-state index contributed by atoms with van der Waals surface area (Å²) >= 11 is 0.812. The molecule has 2 aromatic rings. The Labute approximate surface area is 188 Å². The number of piperidine rings is 1. The zero-order valence-electron chi connectivity index (χ0n) is 17.5. The molecular weight excluding hydrogens is 434 g/mol. The van der Waals surface area contributed by atoms with Crippen LogP contribution in [-0.2, 0) is 14.4 Å². The molecule has 0 saturated carbocycles. The van der Waals surface area contributed by atoms with Gasteiger partial charge in [0.15, 0.2) is 5.13 Å². The molecule has 1 aromatic carbocycles. The minimum atomic E-state index is -0.550. The molecular formula is C21H23N5O5S. The SMILES string of the molecule is Cc1ccc(N2CC(C(=O)N3CCC(C(=O)Nc4ncc([N+](=O)[O-])s4)CC3)CC2=O)cc1. The quantitative estimate of drug-likeness (QED) is 0.543. The molecule has 0 radical (unpaired) electrons. The first-order chi connectivity index (χ1) is 15.3. The van der Waals surface area contributed by atoms with E-state index in [4.69, 9.17) is 0 Å². The molecule has 3 heterocycles. The zero-order valence-corrected chi connectivity index (χ0v) is 18.3. The molecule has 11 heteroatoms. The molecule has 1 atom stereocenters. The first kappa shape index (κ1) is 21.9. The lowest BCUT2D eigenvalue weighted by molar-refractivity contribution is -0.380. The number of rotatable bonds is 5. The fourth-order valence-corrected chi connectivity index (χ4v) is 4.72. The number of nitrogens with one attached hydrogen (secondary N) is 1. The second-order valence-corrected chi connectivity index (χ2v) is 9.10. The highest BCUT2D eigenvalue weighted by atomic mass is 32.1. The first-order valence-electron chi connectivity index (χ1n) is 10.4. The van der Waals surface area contributed by atoms with Crippen molar-refractivity contribution in [1.82, 2.24) is 9.88 Å². The van der Waals surface area contributed by atoms with Crippen LogP contribution in [0.3, 0.4) is 0 Å². The Balaban J connectivity index is 1.29. The molecule has 3 amide bonds. The number of hydrogen-bond donors (Lipinski definition) is 1. The Hall–Kier alpha value is -3.34. The van der Waals surface area contributed by atoms with Crippen molar-refractivity contribution < 1.29 is 19.3 Å². The molecule has 1 aromatic heterocycles. The van der Waals surface area contributed by atoms with E-state index in [-0.39, 0.29) is 46.1 Å². The summed E-state index contributed by atoms with van der Waals surface area (Å²) in [5, 5.41) is 13.4. The number of likely N-dealkylation sites (tertiary alicyclic amines) is 1. The van der Waals surface area contributed by atoms with E-state index in [2.05, 4.69) is 10.3 Å². The lowest BCUT2D eigenvalue weighted by atomic mass is 9.94. The maximum absolute atomic E-state index is 13.0. The van der Waals surface area contributed by atoms with Gasteiger partial charge >= 0.3 is 5.00 Å². The van der Waals surface area contributed by atoms with Gasteiger partial charge in [0.1, 0.15) is 6.20 Å². The van der Waals surface area contributed by atoms with Crippen molar-refractivity contribution in [3.05, 3.63) is 46.1 Å². The zero-order chi connectivity index (χ0) is 22.8. The third kappa shape index (κ3) is 4.62. The molecule has 32 heavy (non-hydrogen) atoms. The van der Waals surface area contributed by atoms with E-state index >= 15 is 0 Å². The van der Waals surface area contributed by atoms with Crippen LogP contribution in [0.4, 0.5) is 15.8 Å². The lowest BCUT2D eigenvalue weighted by Gasteiger charge is -2.32. The Morgan fingerprint density at radius 2 is 1.88 bits per heavy atom. The van der Waals surface area contributed by atoms with Gasteiger partial charge in [-0.15, -0.1) is 0 Å². The largest absolute Gasteiger partial charge is 0.345 e. The second kappa shape index (κ2) is 9.03. The number of carbonyl (C=O) groups excluding carboxylic acids is 3. The van der Waals surface area contributed by atoms with E-state index in [0.29, 0.717) is 32.5 Å². The fraction of sp³-hybridized carbons (Fsp3) is 0.429. The summed E-state index contributed by atoms with van der Waals surface area (Å²) in [6.07, 6.45) is 2.29. The smallest absolute Gasteiger partial charge is 0.342 e. The molecule has 2 saturated heterocycles. The van der Waals surface area contributed by atoms with Gasteiger partial charge in [0.05, 0.1) is 10.8 Å². The first-order valence-corrected chi connectivity index (χ1v) is 11.2. The number of benzene rings is 1. The average molecular weight is 458 g/mol. The molecule has 1 N–H and O–H groups in total. The van der Waals surface area contributed by atoms with Gasteiger partial charge in [-0.1, -0.05) is 17.7 Å². The molecule has 2 aliphatic heterocycles. The summed E-state index contributed by atoms with van der Waals surface area (Å²) in [6.45, 7) is 3.21. The summed E-state index contributed by atoms with van der Waals surface area (Å²) < 4.78 is 0. The van der Waals surface area contributed by atoms with Crippen LogP contribution in [0, 0.1) is 28.9 Å². The number of anilines is 2. The van der Waals surface area contributed by atoms with Crippen molar-refractivity contribution in [3.63, 3.8) is 0 Å². The minimum absolute atomic E-state index is 0.0534. The van der Waals surface area contributed by atoms with Crippen molar-refractivity contribution in [3.8, 4) is 0 Å². The number of amides is 3. The Morgan fingerprint density at radius 1 is 1.19 bits per heavy atom. The minimum Gasteiger partial charge on any atom is -0.342 e. The van der Waals surface area contributed by atoms with E-state index in [0.717, 1.165) is 28.8 Å². The summed E-state index contributed by atoms with van der Waals surface area (Å²) in [4.78, 5) is 55.4. The van der Waals surface area contributed by atoms with Crippen molar-refractivity contribution in [2.45, 2.75) is 26.2 Å². The molecule has 168 valence electrons. The van der Waals surface area contributed by atoms with Crippen molar-refractivity contribution in [2.75, 3.05) is 29.9 Å². The van der Waals surface area contributed by atoms with E-state index in [1.807, 2.05) is 31.2 Å². The number of carbonyl (C=O) groups is 3. The molecule has 1 unspecified atom stereocenters. The molecule has 10 nitrogen and oxygen atoms in total. The molecule has 4 rings (SSSR count). The maximum Gasteiger partial charge on any atom is 0.345 e. The van der Waals surface area contributed by atoms with Gasteiger partial charge in [-0.2, -0.15) is 0 Å². The van der Waals surface area contributed by atoms with Crippen molar-refractivity contribution in [1.29, 1.82) is 0 Å². The predicted octanol–water partition coefficient (Wildman–Crippen LogP) is 2.59. The Morgan fingerprint density at radius 3 is 2.50 bits per heavy atom. The summed E-state index contributed by atoms with van der Waals surface area (Å²) in [5.74, 6) is -1.04. The number of thiazole rings is 1. The van der Waals surface area contributed by atoms with Crippen molar-refractivity contribution >= 4 is 44.9 Å². The lowest BCUT2D eigenvalue weighted by Crippen LogP contribution is -2.44. The van der Waals surface area contributed by atoms with Crippen molar-refractivity contribution in [2.24, 2.45) is 11.8 Å². The van der Waals surface area contributed by atoms with Crippen LogP contribution in [0.1, 0.15) is 24.8 Å². The van der Waals surface area contributed by atoms with Crippen LogP contribution in [0.2, 0.25) is 0 Å². The van der Waals surface area contributed by atoms with Gasteiger partial charge in [0.2, 0.25) is 17.7 Å². The van der Waals surface area contributed by atoms with Crippen LogP contribution >= 0.6 is 11.3 Å². The van der Waals surface area contributed by atoms with E-state index < -0.39 is 4.92 Å². The molecule has 2 fully saturated rings. The van der Waals surface area contributed by atoms with Gasteiger partial charge in [0, 0.05) is 37.7 Å². The maximum atomic E-state index is 13.0. The normalized spacial score (nSPS) is 19.3. The van der Waals surface area contributed by atoms with Crippen LogP contribution in [0.25, 0.3) is 0 Å². The van der Waals surface area contributed by atoms with Gasteiger partial charge in [-0.05, 0) is 43.2 Å². The highest BCUT2D eigenvalue weighted by Crippen LogP contribution is 2.29. The number of aryl methyl sites for hydroxylation is 1. The summed E-state index contributed by atoms with van der Waals surface area (Å²) in [5.41, 5.74) is 1.90. The van der Waals surface area contributed by atoms with E-state index in [9.17, 15) is 24.5 Å². The van der Waals surface area contributed by atoms with Gasteiger partial charge in [-0.3, -0.25) is 24.5 Å². The van der Waals surface area contributed by atoms with Crippen LogP contribution in [0.15, 0.2) is 30.5 Å². The summed E-state index contributed by atoms with van der Waals surface area (Å²) in [6, 6.07) is 7.66. The molecule has 2 aliphatic rings. The number of hydrogen-bond acceptors (Lipinski definition) is 7. The van der Waals surface area contributed by atoms with Crippen LogP contribution in [0.5, 0.6) is 0 Å².